The summed E-state index contributed by atoms with van der Waals surface area (Å²) in [5.74, 6) is 1.50. The predicted molar refractivity (Wildman–Crippen MR) is 92.7 cm³/mol. The smallest absolute Gasteiger partial charge is 0.227 e. The third-order valence-electron chi connectivity index (χ3n) is 4.71. The fourth-order valence-electron chi connectivity index (χ4n) is 3.32. The zero-order chi connectivity index (χ0) is 17.6. The zero-order valence-electron chi connectivity index (χ0n) is 14.9. The quantitative estimate of drug-likeness (QED) is 0.824. The van der Waals surface area contributed by atoms with E-state index in [0.29, 0.717) is 30.7 Å². The van der Waals surface area contributed by atoms with Gasteiger partial charge in [-0.2, -0.15) is 4.98 Å². The molecule has 2 aromatic heterocycles. The number of carbonyl (C=O) groups excluding carboxylic acids is 1. The lowest BCUT2D eigenvalue weighted by Crippen LogP contribution is -2.35. The SMILES string of the molecule is Cc1nc(CN(C)[C@H]2CCCN(C(=O)Cc3cccnc3)CC2)no1. The molecule has 0 spiro atoms. The summed E-state index contributed by atoms with van der Waals surface area (Å²) < 4.78 is 5.04. The minimum absolute atomic E-state index is 0.185. The minimum Gasteiger partial charge on any atom is -0.342 e. The number of likely N-dealkylation sites (tertiary alicyclic amines) is 1. The van der Waals surface area contributed by atoms with Gasteiger partial charge >= 0.3 is 0 Å². The van der Waals surface area contributed by atoms with Crippen molar-refractivity contribution in [2.24, 2.45) is 0 Å². The van der Waals surface area contributed by atoms with Gasteiger partial charge in [0.25, 0.3) is 0 Å². The summed E-state index contributed by atoms with van der Waals surface area (Å²) in [6.45, 7) is 4.09. The third-order valence-corrected chi connectivity index (χ3v) is 4.71. The molecule has 7 nitrogen and oxygen atoms in total. The zero-order valence-corrected chi connectivity index (χ0v) is 14.9. The van der Waals surface area contributed by atoms with E-state index in [0.717, 1.165) is 37.9 Å². The number of amides is 1. The van der Waals surface area contributed by atoms with Crippen molar-refractivity contribution in [3.8, 4) is 0 Å². The molecule has 0 unspecified atom stereocenters. The molecule has 1 aliphatic rings. The number of aryl methyl sites for hydroxylation is 1. The number of nitrogens with zero attached hydrogens (tertiary/aromatic N) is 5. The first kappa shape index (κ1) is 17.5. The van der Waals surface area contributed by atoms with Crippen LogP contribution in [-0.2, 0) is 17.8 Å². The monoisotopic (exact) mass is 343 g/mol. The second-order valence-corrected chi connectivity index (χ2v) is 6.65. The van der Waals surface area contributed by atoms with Crippen LogP contribution in [0.5, 0.6) is 0 Å². The van der Waals surface area contributed by atoms with Crippen molar-refractivity contribution in [1.82, 2.24) is 24.9 Å². The Morgan fingerprint density at radius 3 is 3.00 bits per heavy atom. The Labute approximate surface area is 148 Å². The number of aromatic nitrogens is 3. The first-order valence-electron chi connectivity index (χ1n) is 8.78. The second kappa shape index (κ2) is 8.20. The highest BCUT2D eigenvalue weighted by molar-refractivity contribution is 5.78. The van der Waals surface area contributed by atoms with Crippen LogP contribution in [0.15, 0.2) is 29.0 Å². The molecular formula is C18H25N5O2. The van der Waals surface area contributed by atoms with Crippen LogP contribution in [0.2, 0.25) is 0 Å². The van der Waals surface area contributed by atoms with E-state index in [9.17, 15) is 4.79 Å². The molecular weight excluding hydrogens is 318 g/mol. The average Bonchev–Trinajstić information content (AvgIpc) is 2.86. The molecule has 0 radical (unpaired) electrons. The summed E-state index contributed by atoms with van der Waals surface area (Å²) in [5, 5.41) is 3.97. The Balaban J connectivity index is 1.52. The van der Waals surface area contributed by atoms with Crippen molar-refractivity contribution < 1.29 is 9.32 Å². The van der Waals surface area contributed by atoms with E-state index in [1.54, 1.807) is 19.3 Å². The van der Waals surface area contributed by atoms with Gasteiger partial charge in [-0.15, -0.1) is 0 Å². The highest BCUT2D eigenvalue weighted by atomic mass is 16.5. The van der Waals surface area contributed by atoms with Crippen LogP contribution in [0.3, 0.4) is 0 Å². The maximum atomic E-state index is 12.5. The average molecular weight is 343 g/mol. The lowest BCUT2D eigenvalue weighted by atomic mass is 10.1. The lowest BCUT2D eigenvalue weighted by molar-refractivity contribution is -0.130. The van der Waals surface area contributed by atoms with Gasteiger partial charge < -0.3 is 9.42 Å². The standard InChI is InChI=1S/C18H25N5O2/c1-14-20-17(21-25-14)13-22(2)16-6-4-9-23(10-7-16)18(24)11-15-5-3-8-19-12-15/h3,5,8,12,16H,4,6-7,9-11,13H2,1-2H3/t16-/m0/s1. The number of hydrogen-bond acceptors (Lipinski definition) is 6. The van der Waals surface area contributed by atoms with Gasteiger partial charge in [0, 0.05) is 38.4 Å². The van der Waals surface area contributed by atoms with Crippen molar-refractivity contribution in [3.63, 3.8) is 0 Å². The fourth-order valence-corrected chi connectivity index (χ4v) is 3.32. The van der Waals surface area contributed by atoms with Gasteiger partial charge in [0.05, 0.1) is 13.0 Å². The van der Waals surface area contributed by atoms with Crippen LogP contribution in [-0.4, -0.2) is 57.0 Å². The summed E-state index contributed by atoms with van der Waals surface area (Å²) in [5.41, 5.74) is 0.970. The van der Waals surface area contributed by atoms with Crippen LogP contribution in [0, 0.1) is 6.92 Å². The Morgan fingerprint density at radius 2 is 2.28 bits per heavy atom. The van der Waals surface area contributed by atoms with E-state index >= 15 is 0 Å². The largest absolute Gasteiger partial charge is 0.342 e. The van der Waals surface area contributed by atoms with Crippen molar-refractivity contribution in [2.75, 3.05) is 20.1 Å². The molecule has 1 saturated heterocycles. The molecule has 1 fully saturated rings. The van der Waals surface area contributed by atoms with Gasteiger partial charge in [0.15, 0.2) is 5.82 Å². The summed E-state index contributed by atoms with van der Waals surface area (Å²) >= 11 is 0. The summed E-state index contributed by atoms with van der Waals surface area (Å²) in [6, 6.07) is 4.25. The Kier molecular flexibility index (Phi) is 5.75. The van der Waals surface area contributed by atoms with E-state index in [4.69, 9.17) is 4.52 Å². The molecule has 1 atom stereocenters. The van der Waals surface area contributed by atoms with E-state index in [2.05, 4.69) is 27.1 Å². The number of pyridine rings is 1. The van der Waals surface area contributed by atoms with Crippen LogP contribution in [0.1, 0.15) is 36.5 Å². The molecule has 1 amide bonds. The van der Waals surface area contributed by atoms with Crippen LogP contribution in [0.25, 0.3) is 0 Å². The predicted octanol–water partition coefficient (Wildman–Crippen LogP) is 1.83. The number of hydrogen-bond donors (Lipinski definition) is 0. The van der Waals surface area contributed by atoms with Crippen molar-refractivity contribution in [3.05, 3.63) is 41.8 Å². The van der Waals surface area contributed by atoms with E-state index in [1.807, 2.05) is 17.0 Å². The highest BCUT2D eigenvalue weighted by Gasteiger charge is 2.24. The van der Waals surface area contributed by atoms with Gasteiger partial charge in [-0.3, -0.25) is 14.7 Å². The molecule has 0 bridgehead atoms. The van der Waals surface area contributed by atoms with Gasteiger partial charge in [0.1, 0.15) is 0 Å². The molecule has 134 valence electrons. The molecule has 0 saturated carbocycles. The molecule has 1 aliphatic heterocycles. The molecule has 2 aromatic rings. The van der Waals surface area contributed by atoms with Gasteiger partial charge in [-0.1, -0.05) is 11.2 Å². The number of carbonyl (C=O) groups is 1. The van der Waals surface area contributed by atoms with Gasteiger partial charge in [-0.05, 0) is 37.9 Å². The lowest BCUT2D eigenvalue weighted by Gasteiger charge is -2.26. The molecule has 3 heterocycles. The fraction of sp³-hybridized carbons (Fsp3) is 0.556. The Morgan fingerprint density at radius 1 is 1.40 bits per heavy atom. The highest BCUT2D eigenvalue weighted by Crippen LogP contribution is 2.18. The normalized spacial score (nSPS) is 18.4. The van der Waals surface area contributed by atoms with Crippen LogP contribution < -0.4 is 0 Å². The maximum absolute atomic E-state index is 12.5. The molecule has 0 aromatic carbocycles. The Hall–Kier alpha value is -2.28. The molecule has 7 heteroatoms. The molecule has 3 rings (SSSR count). The topological polar surface area (TPSA) is 75.4 Å². The van der Waals surface area contributed by atoms with Gasteiger partial charge in [-0.25, -0.2) is 0 Å². The summed E-state index contributed by atoms with van der Waals surface area (Å²) in [7, 11) is 2.09. The minimum atomic E-state index is 0.185. The second-order valence-electron chi connectivity index (χ2n) is 6.65. The van der Waals surface area contributed by atoms with E-state index in [1.165, 1.54) is 0 Å². The maximum Gasteiger partial charge on any atom is 0.227 e. The Bertz CT molecular complexity index is 688. The molecule has 0 aliphatic carbocycles. The van der Waals surface area contributed by atoms with Gasteiger partial charge in [0.2, 0.25) is 11.8 Å². The van der Waals surface area contributed by atoms with E-state index in [-0.39, 0.29) is 5.91 Å². The van der Waals surface area contributed by atoms with Crippen molar-refractivity contribution >= 4 is 5.91 Å². The number of rotatable bonds is 5. The van der Waals surface area contributed by atoms with Crippen molar-refractivity contribution in [2.45, 2.75) is 45.2 Å². The third kappa shape index (κ3) is 4.85. The van der Waals surface area contributed by atoms with Crippen LogP contribution >= 0.6 is 0 Å². The first-order valence-corrected chi connectivity index (χ1v) is 8.78. The summed E-state index contributed by atoms with van der Waals surface area (Å²) in [4.78, 5) is 25.1. The first-order chi connectivity index (χ1) is 12.1. The van der Waals surface area contributed by atoms with Crippen molar-refractivity contribution in [1.29, 1.82) is 0 Å². The summed E-state index contributed by atoms with van der Waals surface area (Å²) in [6.07, 6.45) is 6.97. The van der Waals surface area contributed by atoms with Crippen LogP contribution in [0.4, 0.5) is 0 Å². The molecule has 25 heavy (non-hydrogen) atoms. The van der Waals surface area contributed by atoms with E-state index < -0.39 is 0 Å². The molecule has 0 N–H and O–H groups in total.